The zero-order valence-electron chi connectivity index (χ0n) is 12.5. The molecule has 2 N–H and O–H groups in total. The molecule has 0 bridgehead atoms. The van der Waals surface area contributed by atoms with Crippen molar-refractivity contribution in [2.75, 3.05) is 13.1 Å². The first-order valence-electron chi connectivity index (χ1n) is 7.27. The quantitative estimate of drug-likeness (QED) is 0.863. The molecular formula is C15H22N2O2S2. The Balaban J connectivity index is 2.32. The summed E-state index contributed by atoms with van der Waals surface area (Å²) in [6.45, 7) is 5.15. The number of nitrogens with two attached hydrogens (primary N) is 1. The van der Waals surface area contributed by atoms with Crippen molar-refractivity contribution >= 4 is 27.2 Å². The molecule has 0 amide bonds. The number of sulfonamides is 1. The molecule has 1 aromatic carbocycles. The Bertz CT molecular complexity index is 633. The first kappa shape index (κ1) is 16.4. The minimum atomic E-state index is -3.46. The lowest BCUT2D eigenvalue weighted by Gasteiger charge is -2.31. The molecule has 116 valence electrons. The lowest BCUT2D eigenvalue weighted by Crippen LogP contribution is -2.38. The van der Waals surface area contributed by atoms with E-state index in [-0.39, 0.29) is 4.99 Å². The van der Waals surface area contributed by atoms with E-state index in [4.69, 9.17) is 18.0 Å². The molecule has 1 saturated heterocycles. The number of benzene rings is 1. The Morgan fingerprint density at radius 2 is 2.00 bits per heavy atom. The smallest absolute Gasteiger partial charge is 0.243 e. The minimum Gasteiger partial charge on any atom is -0.389 e. The van der Waals surface area contributed by atoms with E-state index in [1.54, 1.807) is 29.4 Å². The number of hydrogen-bond donors (Lipinski definition) is 1. The summed E-state index contributed by atoms with van der Waals surface area (Å²) < 4.78 is 27.2. The highest BCUT2D eigenvalue weighted by Crippen LogP contribution is 2.27. The van der Waals surface area contributed by atoms with Crippen molar-refractivity contribution in [2.24, 2.45) is 11.7 Å². The van der Waals surface area contributed by atoms with E-state index < -0.39 is 10.0 Å². The molecule has 1 heterocycles. The standard InChI is InChI=1S/C15H22N2O2S2/c1-3-12-6-8-17(9-7-12)21(18,19)14-10-13(15(16)20)5-4-11(14)2/h4-5,10,12H,3,6-9H2,1-2H3,(H2,16,20). The summed E-state index contributed by atoms with van der Waals surface area (Å²) in [4.78, 5) is 0.541. The lowest BCUT2D eigenvalue weighted by molar-refractivity contribution is 0.269. The highest BCUT2D eigenvalue weighted by molar-refractivity contribution is 7.89. The predicted molar refractivity (Wildman–Crippen MR) is 88.8 cm³/mol. The molecule has 0 saturated carbocycles. The summed E-state index contributed by atoms with van der Waals surface area (Å²) in [5.74, 6) is 0.639. The first-order valence-corrected chi connectivity index (χ1v) is 9.11. The van der Waals surface area contributed by atoms with Gasteiger partial charge in [0.1, 0.15) is 4.99 Å². The second-order valence-corrected chi connectivity index (χ2v) is 7.95. The molecule has 1 fully saturated rings. The molecule has 1 aliphatic rings. The third kappa shape index (κ3) is 3.44. The molecule has 4 nitrogen and oxygen atoms in total. The monoisotopic (exact) mass is 326 g/mol. The highest BCUT2D eigenvalue weighted by Gasteiger charge is 2.30. The van der Waals surface area contributed by atoms with Crippen LogP contribution in [0.4, 0.5) is 0 Å². The number of nitrogens with zero attached hydrogens (tertiary/aromatic N) is 1. The van der Waals surface area contributed by atoms with Gasteiger partial charge >= 0.3 is 0 Å². The van der Waals surface area contributed by atoms with E-state index in [2.05, 4.69) is 6.92 Å². The largest absolute Gasteiger partial charge is 0.389 e. The van der Waals surface area contributed by atoms with Crippen molar-refractivity contribution in [1.82, 2.24) is 4.31 Å². The topological polar surface area (TPSA) is 63.4 Å². The SMILES string of the molecule is CCC1CCN(S(=O)(=O)c2cc(C(N)=S)ccc2C)CC1. The number of thiocarbonyl (C=S) groups is 1. The second kappa shape index (κ2) is 6.42. The van der Waals surface area contributed by atoms with Crippen LogP contribution in [0.15, 0.2) is 23.1 Å². The molecule has 0 spiro atoms. The summed E-state index contributed by atoms with van der Waals surface area (Å²) in [6.07, 6.45) is 2.98. The molecular weight excluding hydrogens is 304 g/mol. The van der Waals surface area contributed by atoms with Crippen molar-refractivity contribution in [3.05, 3.63) is 29.3 Å². The van der Waals surface area contributed by atoms with Crippen LogP contribution in [-0.4, -0.2) is 30.8 Å². The molecule has 0 aromatic heterocycles. The minimum absolute atomic E-state index is 0.219. The molecule has 2 rings (SSSR count). The van der Waals surface area contributed by atoms with Crippen LogP contribution in [0, 0.1) is 12.8 Å². The van der Waals surface area contributed by atoms with Gasteiger partial charge in [0.2, 0.25) is 10.0 Å². The van der Waals surface area contributed by atoms with Crippen molar-refractivity contribution in [1.29, 1.82) is 0 Å². The zero-order chi connectivity index (χ0) is 15.6. The van der Waals surface area contributed by atoms with Gasteiger partial charge < -0.3 is 5.73 Å². The number of aryl methyl sites for hydroxylation is 1. The summed E-state index contributed by atoms with van der Waals surface area (Å²) in [5.41, 5.74) is 6.94. The van der Waals surface area contributed by atoms with Gasteiger partial charge in [-0.1, -0.05) is 37.7 Å². The third-order valence-corrected chi connectivity index (χ3v) is 6.52. The molecule has 21 heavy (non-hydrogen) atoms. The van der Waals surface area contributed by atoms with Gasteiger partial charge in [0.25, 0.3) is 0 Å². The van der Waals surface area contributed by atoms with Gasteiger partial charge in [-0.15, -0.1) is 0 Å². The van der Waals surface area contributed by atoms with Crippen LogP contribution in [0.1, 0.15) is 37.3 Å². The Morgan fingerprint density at radius 3 is 2.52 bits per heavy atom. The maximum atomic E-state index is 12.8. The summed E-state index contributed by atoms with van der Waals surface area (Å²) in [7, 11) is -3.46. The zero-order valence-corrected chi connectivity index (χ0v) is 14.1. The van der Waals surface area contributed by atoms with Crippen LogP contribution < -0.4 is 5.73 Å². The van der Waals surface area contributed by atoms with Crippen molar-refractivity contribution in [3.63, 3.8) is 0 Å². The maximum Gasteiger partial charge on any atom is 0.243 e. The van der Waals surface area contributed by atoms with Gasteiger partial charge in [0.15, 0.2) is 0 Å². The lowest BCUT2D eigenvalue weighted by atomic mass is 9.96. The van der Waals surface area contributed by atoms with Crippen LogP contribution in [0.5, 0.6) is 0 Å². The van der Waals surface area contributed by atoms with Crippen LogP contribution in [-0.2, 0) is 10.0 Å². The van der Waals surface area contributed by atoms with E-state index in [1.807, 2.05) is 0 Å². The fourth-order valence-electron chi connectivity index (χ4n) is 2.73. The number of piperidine rings is 1. The van der Waals surface area contributed by atoms with E-state index in [0.717, 1.165) is 24.8 Å². The molecule has 0 unspecified atom stereocenters. The van der Waals surface area contributed by atoms with Crippen molar-refractivity contribution in [2.45, 2.75) is 38.0 Å². The Labute approximate surface area is 132 Å². The molecule has 1 aromatic rings. The summed E-state index contributed by atoms with van der Waals surface area (Å²) in [6, 6.07) is 5.12. The van der Waals surface area contributed by atoms with Gasteiger partial charge in [0, 0.05) is 18.7 Å². The van der Waals surface area contributed by atoms with Gasteiger partial charge in [-0.3, -0.25) is 0 Å². The van der Waals surface area contributed by atoms with E-state index in [1.165, 1.54) is 0 Å². The fourth-order valence-corrected chi connectivity index (χ4v) is 4.58. The number of hydrogen-bond acceptors (Lipinski definition) is 3. The van der Waals surface area contributed by atoms with Crippen LogP contribution in [0.2, 0.25) is 0 Å². The molecule has 0 radical (unpaired) electrons. The normalized spacial score (nSPS) is 17.8. The van der Waals surface area contributed by atoms with Crippen molar-refractivity contribution in [3.8, 4) is 0 Å². The molecule has 6 heteroatoms. The maximum absolute atomic E-state index is 12.8. The van der Waals surface area contributed by atoms with Gasteiger partial charge in [-0.2, -0.15) is 4.31 Å². The van der Waals surface area contributed by atoms with Crippen LogP contribution >= 0.6 is 12.2 Å². The van der Waals surface area contributed by atoms with E-state index in [0.29, 0.717) is 29.5 Å². The Morgan fingerprint density at radius 1 is 1.38 bits per heavy atom. The van der Waals surface area contributed by atoms with Crippen LogP contribution in [0.3, 0.4) is 0 Å². The average Bonchev–Trinajstić information content (AvgIpc) is 2.47. The predicted octanol–water partition coefficient (Wildman–Crippen LogP) is 2.44. The molecule has 0 atom stereocenters. The highest BCUT2D eigenvalue weighted by atomic mass is 32.2. The fraction of sp³-hybridized carbons (Fsp3) is 0.533. The second-order valence-electron chi connectivity index (χ2n) is 5.60. The molecule has 1 aliphatic heterocycles. The van der Waals surface area contributed by atoms with Gasteiger partial charge in [0.05, 0.1) is 4.90 Å². The summed E-state index contributed by atoms with van der Waals surface area (Å²) >= 11 is 4.94. The third-order valence-electron chi connectivity index (χ3n) is 4.24. The van der Waals surface area contributed by atoms with Gasteiger partial charge in [-0.25, -0.2) is 8.42 Å². The molecule has 0 aliphatic carbocycles. The average molecular weight is 326 g/mol. The van der Waals surface area contributed by atoms with E-state index >= 15 is 0 Å². The number of rotatable bonds is 4. The first-order chi connectivity index (χ1) is 9.86. The van der Waals surface area contributed by atoms with Crippen LogP contribution in [0.25, 0.3) is 0 Å². The Hall–Kier alpha value is -0.980. The van der Waals surface area contributed by atoms with E-state index in [9.17, 15) is 8.42 Å². The van der Waals surface area contributed by atoms with Crippen molar-refractivity contribution < 1.29 is 8.42 Å². The summed E-state index contributed by atoms with van der Waals surface area (Å²) in [5, 5.41) is 0. The van der Waals surface area contributed by atoms with Gasteiger partial charge in [-0.05, 0) is 37.3 Å². The Kier molecular flexibility index (Phi) is 5.01.